The summed E-state index contributed by atoms with van der Waals surface area (Å²) < 4.78 is 6.23. The Morgan fingerprint density at radius 3 is 2.47 bits per heavy atom. The quantitative estimate of drug-likeness (QED) is 0.819. The number of rotatable bonds is 5. The Labute approximate surface area is 112 Å². The molecule has 0 unspecified atom stereocenters. The van der Waals surface area contributed by atoms with Crippen molar-refractivity contribution in [1.29, 1.82) is 0 Å². The van der Waals surface area contributed by atoms with Gasteiger partial charge in [0.2, 0.25) is 0 Å². The van der Waals surface area contributed by atoms with Gasteiger partial charge in [0.05, 0.1) is 7.11 Å². The Kier molecular flexibility index (Phi) is 5.28. The lowest BCUT2D eigenvalue weighted by atomic mass is 10.1. The fourth-order valence-electron chi connectivity index (χ4n) is 1.43. The van der Waals surface area contributed by atoms with Crippen LogP contribution in [0.4, 0.5) is 5.69 Å². The molecule has 0 aliphatic carbocycles. The van der Waals surface area contributed by atoms with Crippen molar-refractivity contribution in [1.82, 2.24) is 5.32 Å². The van der Waals surface area contributed by atoms with Crippen molar-refractivity contribution in [2.24, 2.45) is 0 Å². The molecule has 0 aliphatic rings. The number of ether oxygens (including phenoxy) is 1. The van der Waals surface area contributed by atoms with Gasteiger partial charge in [-0.25, -0.2) is 0 Å². The van der Waals surface area contributed by atoms with Crippen LogP contribution in [0.1, 0.15) is 20.8 Å². The molecule has 0 spiro atoms. The van der Waals surface area contributed by atoms with E-state index in [4.69, 9.17) is 4.74 Å². The second-order valence-electron chi connectivity index (χ2n) is 4.98. The first-order valence-corrected chi connectivity index (χ1v) is 6.53. The third-order valence-corrected chi connectivity index (χ3v) is 2.67. The summed E-state index contributed by atoms with van der Waals surface area (Å²) in [5.41, 5.74) is 1.23. The minimum absolute atomic E-state index is 0.163. The second-order valence-corrected chi connectivity index (χ2v) is 5.90. The molecular formula is C13H21BrN2O. The van der Waals surface area contributed by atoms with Crippen molar-refractivity contribution >= 4 is 21.6 Å². The van der Waals surface area contributed by atoms with Gasteiger partial charge in [-0.1, -0.05) is 15.9 Å². The summed E-state index contributed by atoms with van der Waals surface area (Å²) in [5, 5.41) is 6.79. The van der Waals surface area contributed by atoms with Crippen LogP contribution >= 0.6 is 15.9 Å². The van der Waals surface area contributed by atoms with E-state index in [-0.39, 0.29) is 5.54 Å². The first kappa shape index (κ1) is 14.3. The molecule has 3 nitrogen and oxygen atoms in total. The molecule has 0 aromatic heterocycles. The number of halogens is 1. The van der Waals surface area contributed by atoms with Crippen LogP contribution in [-0.4, -0.2) is 25.7 Å². The molecule has 0 fully saturated rings. The molecule has 0 bridgehead atoms. The average molecular weight is 301 g/mol. The lowest BCUT2D eigenvalue weighted by Crippen LogP contribution is -2.38. The SMILES string of the molecule is COc1cc(Br)cc(NCCNC(C)(C)C)c1. The number of hydrogen-bond donors (Lipinski definition) is 2. The minimum Gasteiger partial charge on any atom is -0.497 e. The summed E-state index contributed by atoms with van der Waals surface area (Å²) in [6.07, 6.45) is 0. The van der Waals surface area contributed by atoms with E-state index in [1.165, 1.54) is 0 Å². The van der Waals surface area contributed by atoms with Gasteiger partial charge in [-0.3, -0.25) is 0 Å². The van der Waals surface area contributed by atoms with Gasteiger partial charge in [0, 0.05) is 34.9 Å². The van der Waals surface area contributed by atoms with E-state index in [2.05, 4.69) is 47.3 Å². The first-order valence-electron chi connectivity index (χ1n) is 5.74. The van der Waals surface area contributed by atoms with E-state index in [9.17, 15) is 0 Å². The molecule has 17 heavy (non-hydrogen) atoms. The lowest BCUT2D eigenvalue weighted by molar-refractivity contribution is 0.414. The number of benzene rings is 1. The molecular weight excluding hydrogens is 280 g/mol. The van der Waals surface area contributed by atoms with Crippen LogP contribution in [0.15, 0.2) is 22.7 Å². The van der Waals surface area contributed by atoms with Crippen LogP contribution in [0.2, 0.25) is 0 Å². The van der Waals surface area contributed by atoms with E-state index in [0.29, 0.717) is 0 Å². The molecule has 0 atom stereocenters. The molecule has 1 aromatic rings. The second kappa shape index (κ2) is 6.26. The summed E-state index contributed by atoms with van der Waals surface area (Å²) >= 11 is 3.46. The Bertz CT molecular complexity index is 361. The molecule has 2 N–H and O–H groups in total. The summed E-state index contributed by atoms with van der Waals surface area (Å²) in [7, 11) is 1.67. The fraction of sp³-hybridized carbons (Fsp3) is 0.538. The monoisotopic (exact) mass is 300 g/mol. The highest BCUT2D eigenvalue weighted by Gasteiger charge is 2.07. The van der Waals surface area contributed by atoms with Gasteiger partial charge in [0.15, 0.2) is 0 Å². The number of methoxy groups -OCH3 is 1. The molecule has 0 saturated carbocycles. The van der Waals surface area contributed by atoms with Crippen LogP contribution in [0, 0.1) is 0 Å². The van der Waals surface area contributed by atoms with Gasteiger partial charge in [-0.05, 0) is 32.9 Å². The normalized spacial score (nSPS) is 11.4. The Morgan fingerprint density at radius 1 is 1.18 bits per heavy atom. The number of hydrogen-bond acceptors (Lipinski definition) is 3. The summed E-state index contributed by atoms with van der Waals surface area (Å²) in [6.45, 7) is 8.30. The zero-order chi connectivity index (χ0) is 12.9. The van der Waals surface area contributed by atoms with Crippen molar-refractivity contribution in [2.75, 3.05) is 25.5 Å². The molecule has 4 heteroatoms. The molecule has 1 rings (SSSR count). The summed E-state index contributed by atoms with van der Waals surface area (Å²) in [4.78, 5) is 0. The minimum atomic E-state index is 0.163. The van der Waals surface area contributed by atoms with Crippen LogP contribution in [0.25, 0.3) is 0 Å². The van der Waals surface area contributed by atoms with Crippen molar-refractivity contribution in [2.45, 2.75) is 26.3 Å². The molecule has 0 aliphatic heterocycles. The van der Waals surface area contributed by atoms with E-state index in [1.807, 2.05) is 18.2 Å². The van der Waals surface area contributed by atoms with E-state index in [1.54, 1.807) is 7.11 Å². The van der Waals surface area contributed by atoms with Crippen LogP contribution in [0.3, 0.4) is 0 Å². The Morgan fingerprint density at radius 2 is 1.88 bits per heavy atom. The number of anilines is 1. The largest absolute Gasteiger partial charge is 0.497 e. The Hall–Kier alpha value is -0.740. The van der Waals surface area contributed by atoms with Crippen molar-refractivity contribution in [3.63, 3.8) is 0 Å². The Balaban J connectivity index is 2.44. The fourth-order valence-corrected chi connectivity index (χ4v) is 1.90. The van der Waals surface area contributed by atoms with Gasteiger partial charge in [0.25, 0.3) is 0 Å². The maximum absolute atomic E-state index is 5.21. The van der Waals surface area contributed by atoms with Gasteiger partial charge in [-0.15, -0.1) is 0 Å². The maximum Gasteiger partial charge on any atom is 0.122 e. The first-order chi connectivity index (χ1) is 7.90. The smallest absolute Gasteiger partial charge is 0.122 e. The topological polar surface area (TPSA) is 33.3 Å². The van der Waals surface area contributed by atoms with Gasteiger partial charge in [0.1, 0.15) is 5.75 Å². The predicted octanol–water partition coefficient (Wildman–Crippen LogP) is 3.26. The molecule has 96 valence electrons. The van der Waals surface area contributed by atoms with Gasteiger partial charge in [-0.2, -0.15) is 0 Å². The van der Waals surface area contributed by atoms with E-state index >= 15 is 0 Å². The average Bonchev–Trinajstić information content (AvgIpc) is 2.22. The zero-order valence-electron chi connectivity index (χ0n) is 10.9. The van der Waals surface area contributed by atoms with Crippen LogP contribution < -0.4 is 15.4 Å². The van der Waals surface area contributed by atoms with Crippen molar-refractivity contribution in [3.05, 3.63) is 22.7 Å². The lowest BCUT2D eigenvalue weighted by Gasteiger charge is -2.20. The highest BCUT2D eigenvalue weighted by Crippen LogP contribution is 2.24. The maximum atomic E-state index is 5.21. The molecule has 1 aromatic carbocycles. The highest BCUT2D eigenvalue weighted by molar-refractivity contribution is 9.10. The summed E-state index contributed by atoms with van der Waals surface area (Å²) in [5.74, 6) is 0.852. The standard InChI is InChI=1S/C13H21BrN2O/c1-13(2,3)16-6-5-15-11-7-10(14)8-12(9-11)17-4/h7-9,15-16H,5-6H2,1-4H3. The molecule has 0 amide bonds. The zero-order valence-corrected chi connectivity index (χ0v) is 12.5. The van der Waals surface area contributed by atoms with Crippen LogP contribution in [-0.2, 0) is 0 Å². The van der Waals surface area contributed by atoms with Crippen LogP contribution in [0.5, 0.6) is 5.75 Å². The van der Waals surface area contributed by atoms with Crippen molar-refractivity contribution in [3.8, 4) is 5.75 Å². The number of nitrogens with one attached hydrogen (secondary N) is 2. The summed E-state index contributed by atoms with van der Waals surface area (Å²) in [6, 6.07) is 5.97. The molecule has 0 saturated heterocycles. The molecule has 0 heterocycles. The van der Waals surface area contributed by atoms with E-state index in [0.717, 1.165) is 29.0 Å². The van der Waals surface area contributed by atoms with Gasteiger partial charge < -0.3 is 15.4 Å². The highest BCUT2D eigenvalue weighted by atomic mass is 79.9. The predicted molar refractivity (Wildman–Crippen MR) is 76.9 cm³/mol. The third kappa shape index (κ3) is 5.94. The third-order valence-electron chi connectivity index (χ3n) is 2.22. The molecule has 0 radical (unpaired) electrons. The van der Waals surface area contributed by atoms with Crippen molar-refractivity contribution < 1.29 is 4.74 Å². The van der Waals surface area contributed by atoms with Gasteiger partial charge >= 0.3 is 0 Å². The van der Waals surface area contributed by atoms with E-state index < -0.39 is 0 Å².